The maximum Gasteiger partial charge on any atom is 0.489 e. The van der Waals surface area contributed by atoms with Crippen LogP contribution in [0.25, 0.3) is 0 Å². The third-order valence-corrected chi connectivity index (χ3v) is 3.27. The molecule has 1 aromatic rings. The molecule has 0 unspecified atom stereocenters. The lowest BCUT2D eigenvalue weighted by Gasteiger charge is -2.04. The fourth-order valence-corrected chi connectivity index (χ4v) is 2.45. The maximum absolute atomic E-state index is 13.1. The van der Waals surface area contributed by atoms with E-state index < -0.39 is 12.9 Å². The van der Waals surface area contributed by atoms with Crippen molar-refractivity contribution in [3.63, 3.8) is 0 Å². The fraction of sp³-hybridized carbons (Fsp3) is 0. The first-order valence-corrected chi connectivity index (χ1v) is 5.19. The van der Waals surface area contributed by atoms with Crippen LogP contribution in [0.5, 0.6) is 0 Å². The van der Waals surface area contributed by atoms with Gasteiger partial charge in [-0.05, 0) is 56.7 Å². The molecule has 0 fully saturated rings. The predicted octanol–water partition coefficient (Wildman–Crippen LogP) is 0.715. The van der Waals surface area contributed by atoms with Gasteiger partial charge in [-0.25, -0.2) is 4.39 Å². The number of rotatable bonds is 1. The second-order valence-electron chi connectivity index (χ2n) is 2.14. The lowest BCUT2D eigenvalue weighted by Crippen LogP contribution is -2.33. The van der Waals surface area contributed by atoms with E-state index in [1.54, 1.807) is 22.6 Å². The molecule has 0 heterocycles. The minimum Gasteiger partial charge on any atom is -0.423 e. The molecule has 0 aromatic heterocycles. The van der Waals surface area contributed by atoms with Gasteiger partial charge in [0.2, 0.25) is 0 Å². The molecule has 0 bridgehead atoms. The van der Waals surface area contributed by atoms with Gasteiger partial charge in [-0.1, -0.05) is 6.07 Å². The van der Waals surface area contributed by atoms with E-state index in [1.807, 2.05) is 22.6 Å². The molecule has 0 aliphatic rings. The first-order valence-electron chi connectivity index (χ1n) is 3.03. The monoisotopic (exact) mass is 392 g/mol. The first kappa shape index (κ1) is 10.7. The van der Waals surface area contributed by atoms with Crippen molar-refractivity contribution in [3.05, 3.63) is 25.1 Å². The van der Waals surface area contributed by atoms with Crippen LogP contribution in [0, 0.1) is 13.0 Å². The van der Waals surface area contributed by atoms with Gasteiger partial charge in [-0.2, -0.15) is 0 Å². The highest BCUT2D eigenvalue weighted by Crippen LogP contribution is 2.15. The summed E-state index contributed by atoms with van der Waals surface area (Å²) in [5, 5.41) is 17.6. The summed E-state index contributed by atoms with van der Waals surface area (Å²) in [7, 11) is -1.61. The van der Waals surface area contributed by atoms with E-state index in [1.165, 1.54) is 12.1 Å². The highest BCUT2D eigenvalue weighted by atomic mass is 127. The van der Waals surface area contributed by atoms with Crippen LogP contribution in [-0.2, 0) is 0 Å². The van der Waals surface area contributed by atoms with E-state index >= 15 is 0 Å². The third kappa shape index (κ3) is 2.09. The van der Waals surface area contributed by atoms with Crippen molar-refractivity contribution >= 4 is 57.8 Å². The molecule has 2 N–H and O–H groups in total. The molecule has 6 heteroatoms. The molecule has 0 aliphatic carbocycles. The zero-order chi connectivity index (χ0) is 9.30. The summed E-state index contributed by atoms with van der Waals surface area (Å²) < 4.78 is 13.8. The lowest BCUT2D eigenvalue weighted by molar-refractivity contribution is 0.425. The fourth-order valence-electron chi connectivity index (χ4n) is 0.740. The third-order valence-electron chi connectivity index (χ3n) is 1.34. The van der Waals surface area contributed by atoms with Gasteiger partial charge in [0, 0.05) is 7.14 Å². The van der Waals surface area contributed by atoms with Gasteiger partial charge in [0.1, 0.15) is 5.82 Å². The van der Waals surface area contributed by atoms with E-state index in [-0.39, 0.29) is 9.03 Å². The van der Waals surface area contributed by atoms with Gasteiger partial charge in [-0.15, -0.1) is 0 Å². The van der Waals surface area contributed by atoms with Gasteiger partial charge >= 0.3 is 7.12 Å². The van der Waals surface area contributed by atoms with Gasteiger partial charge in [0.05, 0.1) is 0 Å². The van der Waals surface area contributed by atoms with Crippen molar-refractivity contribution in [1.29, 1.82) is 0 Å². The average Bonchev–Trinajstić information content (AvgIpc) is 2.00. The summed E-state index contributed by atoms with van der Waals surface area (Å²) in [6, 6.07) is 3.00. The smallest absolute Gasteiger partial charge is 0.423 e. The van der Waals surface area contributed by atoms with Crippen LogP contribution in [-0.4, -0.2) is 17.2 Å². The molecule has 12 heavy (non-hydrogen) atoms. The van der Waals surface area contributed by atoms with Gasteiger partial charge in [-0.3, -0.25) is 0 Å². The number of halogens is 3. The Morgan fingerprint density at radius 1 is 1.25 bits per heavy atom. The van der Waals surface area contributed by atoms with E-state index in [4.69, 9.17) is 10.0 Å². The number of hydrogen-bond acceptors (Lipinski definition) is 2. The minimum absolute atomic E-state index is 0.202. The number of benzene rings is 1. The molecule has 1 rings (SSSR count). The van der Waals surface area contributed by atoms with E-state index in [9.17, 15) is 4.39 Å². The molecule has 0 saturated heterocycles. The van der Waals surface area contributed by atoms with Crippen LogP contribution < -0.4 is 5.46 Å². The maximum atomic E-state index is 13.1. The highest BCUT2D eigenvalue weighted by molar-refractivity contribution is 14.1. The Labute approximate surface area is 96.6 Å². The molecule has 0 atom stereocenters. The van der Waals surface area contributed by atoms with Gasteiger partial charge < -0.3 is 10.0 Å². The molecule has 0 aliphatic heterocycles. The zero-order valence-corrected chi connectivity index (χ0v) is 10.1. The van der Waals surface area contributed by atoms with E-state index in [0.29, 0.717) is 3.57 Å². The average molecular weight is 392 g/mol. The molecule has 0 saturated carbocycles. The van der Waals surface area contributed by atoms with Crippen molar-refractivity contribution in [3.8, 4) is 0 Å². The molecular weight excluding hydrogens is 388 g/mol. The van der Waals surface area contributed by atoms with Crippen LogP contribution in [0.3, 0.4) is 0 Å². The topological polar surface area (TPSA) is 40.5 Å². The molecule has 0 radical (unpaired) electrons. The second kappa shape index (κ2) is 4.20. The molecule has 1 aromatic carbocycles. The Morgan fingerprint density at radius 2 is 1.83 bits per heavy atom. The Balaban J connectivity index is 3.27. The lowest BCUT2D eigenvalue weighted by atomic mass is 9.80. The van der Waals surface area contributed by atoms with Crippen molar-refractivity contribution in [2.24, 2.45) is 0 Å². The van der Waals surface area contributed by atoms with Crippen LogP contribution in [0.1, 0.15) is 0 Å². The zero-order valence-electron chi connectivity index (χ0n) is 5.76. The second-order valence-corrected chi connectivity index (χ2v) is 4.38. The Morgan fingerprint density at radius 3 is 2.33 bits per heavy atom. The SMILES string of the molecule is OB(O)c1ccc(I)c(F)c1I. The largest absolute Gasteiger partial charge is 0.489 e. The van der Waals surface area contributed by atoms with Gasteiger partial charge in [0.25, 0.3) is 0 Å². The Bertz CT molecular complexity index is 306. The normalized spacial score (nSPS) is 10.1. The predicted molar refractivity (Wildman–Crippen MR) is 61.7 cm³/mol. The number of hydrogen-bond donors (Lipinski definition) is 2. The van der Waals surface area contributed by atoms with Crippen LogP contribution in [0.15, 0.2) is 12.1 Å². The van der Waals surface area contributed by atoms with Crippen LogP contribution >= 0.6 is 45.2 Å². The summed E-state index contributed by atoms with van der Waals surface area (Å²) in [5.41, 5.74) is 0.202. The summed E-state index contributed by atoms with van der Waals surface area (Å²) in [5.74, 6) is -0.401. The summed E-state index contributed by atoms with van der Waals surface area (Å²) in [4.78, 5) is 0. The van der Waals surface area contributed by atoms with Crippen molar-refractivity contribution in [2.45, 2.75) is 0 Å². The summed E-state index contributed by atoms with van der Waals surface area (Å²) >= 11 is 3.59. The molecule has 64 valence electrons. The standard InChI is InChI=1S/C6H4BFI2O2/c8-5-4(9)2-1-3(6(5)10)7(11)12/h1-2,11-12H. The van der Waals surface area contributed by atoms with E-state index in [0.717, 1.165) is 0 Å². The first-order chi connectivity index (χ1) is 5.54. The van der Waals surface area contributed by atoms with Gasteiger partial charge in [0.15, 0.2) is 0 Å². The summed E-state index contributed by atoms with van der Waals surface area (Å²) in [6.45, 7) is 0. The van der Waals surface area contributed by atoms with Crippen molar-refractivity contribution in [2.75, 3.05) is 0 Å². The minimum atomic E-state index is -1.61. The summed E-state index contributed by atoms with van der Waals surface area (Å²) in [6.07, 6.45) is 0. The molecule has 0 amide bonds. The van der Waals surface area contributed by atoms with Crippen LogP contribution in [0.2, 0.25) is 0 Å². The molecule has 0 spiro atoms. The van der Waals surface area contributed by atoms with Crippen LogP contribution in [0.4, 0.5) is 4.39 Å². The van der Waals surface area contributed by atoms with Crippen molar-refractivity contribution in [1.82, 2.24) is 0 Å². The molecule has 2 nitrogen and oxygen atoms in total. The quantitative estimate of drug-likeness (QED) is 0.421. The van der Waals surface area contributed by atoms with Crippen molar-refractivity contribution < 1.29 is 14.4 Å². The molecular formula is C6H4BFI2O2. The van der Waals surface area contributed by atoms with E-state index in [2.05, 4.69) is 0 Å². The highest BCUT2D eigenvalue weighted by Gasteiger charge is 2.18. The Hall–Kier alpha value is 0.595. The Kier molecular flexibility index (Phi) is 3.74.